The van der Waals surface area contributed by atoms with Crippen molar-refractivity contribution in [3.8, 4) is 0 Å². The van der Waals surface area contributed by atoms with E-state index in [2.05, 4.69) is 20.8 Å². The molecule has 1 aliphatic carbocycles. The second-order valence-corrected chi connectivity index (χ2v) is 6.82. The van der Waals surface area contributed by atoms with Gasteiger partial charge >= 0.3 is 0 Å². The zero-order chi connectivity index (χ0) is 15.2. The van der Waals surface area contributed by atoms with Crippen molar-refractivity contribution in [3.63, 3.8) is 0 Å². The van der Waals surface area contributed by atoms with Gasteiger partial charge in [0.25, 0.3) is 0 Å². The molecule has 3 rings (SSSR count). The molecule has 0 saturated heterocycles. The fourth-order valence-electron chi connectivity index (χ4n) is 2.87. The molecule has 0 atom stereocenters. The number of ketones is 2. The van der Waals surface area contributed by atoms with Gasteiger partial charge < -0.3 is 0 Å². The summed E-state index contributed by atoms with van der Waals surface area (Å²) in [5, 5.41) is 0. The Kier molecular flexibility index (Phi) is 3.05. The Morgan fingerprint density at radius 1 is 0.762 bits per heavy atom. The van der Waals surface area contributed by atoms with E-state index >= 15 is 0 Å². The summed E-state index contributed by atoms with van der Waals surface area (Å²) in [6.45, 7) is 6.48. The van der Waals surface area contributed by atoms with Crippen LogP contribution in [0.3, 0.4) is 0 Å². The fourth-order valence-corrected chi connectivity index (χ4v) is 2.87. The molecule has 0 bridgehead atoms. The van der Waals surface area contributed by atoms with E-state index in [0.717, 1.165) is 12.0 Å². The minimum atomic E-state index is -0.0532. The monoisotopic (exact) mass is 278 g/mol. The molecular formula is C19H18O2. The van der Waals surface area contributed by atoms with Crippen molar-refractivity contribution in [1.82, 2.24) is 0 Å². The summed E-state index contributed by atoms with van der Waals surface area (Å²) in [7, 11) is 0. The van der Waals surface area contributed by atoms with Crippen LogP contribution in [0.5, 0.6) is 0 Å². The molecule has 0 aliphatic heterocycles. The number of hydrogen-bond donors (Lipinski definition) is 0. The van der Waals surface area contributed by atoms with E-state index in [4.69, 9.17) is 0 Å². The molecule has 1 aliphatic rings. The van der Waals surface area contributed by atoms with Crippen LogP contribution >= 0.6 is 0 Å². The third kappa shape index (κ3) is 2.42. The van der Waals surface area contributed by atoms with Crippen molar-refractivity contribution >= 4 is 11.6 Å². The Hall–Kier alpha value is -2.22. The summed E-state index contributed by atoms with van der Waals surface area (Å²) in [4.78, 5) is 25.1. The SMILES string of the molecule is CC(C)(C)Cc1ccc2c(c1)C(=O)c1ccccc1C2=O. The third-order valence-corrected chi connectivity index (χ3v) is 3.72. The van der Waals surface area contributed by atoms with Gasteiger partial charge in [-0.3, -0.25) is 9.59 Å². The van der Waals surface area contributed by atoms with Gasteiger partial charge in [-0.05, 0) is 23.5 Å². The zero-order valence-corrected chi connectivity index (χ0v) is 12.6. The normalized spacial score (nSPS) is 13.9. The largest absolute Gasteiger partial charge is 0.289 e. The maximum absolute atomic E-state index is 12.6. The highest BCUT2D eigenvalue weighted by molar-refractivity contribution is 6.28. The van der Waals surface area contributed by atoms with Crippen LogP contribution in [0.4, 0.5) is 0 Å². The van der Waals surface area contributed by atoms with Gasteiger partial charge in [0.2, 0.25) is 0 Å². The van der Waals surface area contributed by atoms with Crippen LogP contribution in [0.1, 0.15) is 58.2 Å². The van der Waals surface area contributed by atoms with Gasteiger partial charge in [0.15, 0.2) is 11.6 Å². The number of hydrogen-bond acceptors (Lipinski definition) is 2. The van der Waals surface area contributed by atoms with E-state index in [0.29, 0.717) is 22.3 Å². The highest BCUT2D eigenvalue weighted by Crippen LogP contribution is 2.29. The first-order valence-corrected chi connectivity index (χ1v) is 7.18. The van der Waals surface area contributed by atoms with Crippen molar-refractivity contribution in [2.24, 2.45) is 5.41 Å². The van der Waals surface area contributed by atoms with Gasteiger partial charge in [0, 0.05) is 22.3 Å². The molecule has 0 N–H and O–H groups in total. The van der Waals surface area contributed by atoms with Crippen LogP contribution in [0.15, 0.2) is 42.5 Å². The molecule has 0 amide bonds. The fraction of sp³-hybridized carbons (Fsp3) is 0.263. The van der Waals surface area contributed by atoms with E-state index in [-0.39, 0.29) is 17.0 Å². The quantitative estimate of drug-likeness (QED) is 0.673. The summed E-state index contributed by atoms with van der Waals surface area (Å²) in [5.41, 5.74) is 3.34. The number of fused-ring (bicyclic) bond motifs is 2. The Bertz CT molecular complexity index is 748. The van der Waals surface area contributed by atoms with Crippen molar-refractivity contribution in [1.29, 1.82) is 0 Å². The van der Waals surface area contributed by atoms with Crippen molar-refractivity contribution < 1.29 is 9.59 Å². The summed E-state index contributed by atoms with van der Waals surface area (Å²) < 4.78 is 0. The van der Waals surface area contributed by atoms with Gasteiger partial charge in [-0.15, -0.1) is 0 Å². The topological polar surface area (TPSA) is 34.1 Å². The van der Waals surface area contributed by atoms with Crippen molar-refractivity contribution in [2.75, 3.05) is 0 Å². The summed E-state index contributed by atoms with van der Waals surface area (Å²) in [5.74, 6) is -0.0986. The van der Waals surface area contributed by atoms with E-state index in [1.165, 1.54) is 0 Å². The van der Waals surface area contributed by atoms with Crippen molar-refractivity contribution in [2.45, 2.75) is 27.2 Å². The molecule has 2 nitrogen and oxygen atoms in total. The first kappa shape index (κ1) is 13.7. The lowest BCUT2D eigenvalue weighted by molar-refractivity contribution is 0.0979. The predicted molar refractivity (Wildman–Crippen MR) is 82.9 cm³/mol. The molecule has 0 saturated carbocycles. The minimum Gasteiger partial charge on any atom is -0.289 e. The highest BCUT2D eigenvalue weighted by Gasteiger charge is 2.29. The molecule has 106 valence electrons. The lowest BCUT2D eigenvalue weighted by Crippen LogP contribution is -2.21. The maximum atomic E-state index is 12.6. The molecule has 2 aromatic rings. The maximum Gasteiger partial charge on any atom is 0.194 e. The Morgan fingerprint density at radius 2 is 1.29 bits per heavy atom. The number of rotatable bonds is 1. The molecule has 2 aromatic carbocycles. The summed E-state index contributed by atoms with van der Waals surface area (Å²) >= 11 is 0. The lowest BCUT2D eigenvalue weighted by Gasteiger charge is -2.21. The van der Waals surface area contributed by atoms with Crippen LogP contribution in [-0.2, 0) is 6.42 Å². The predicted octanol–water partition coefficient (Wildman–Crippen LogP) is 4.05. The molecular weight excluding hydrogens is 260 g/mol. The molecule has 0 radical (unpaired) electrons. The second kappa shape index (κ2) is 4.66. The Morgan fingerprint density at radius 3 is 1.86 bits per heavy atom. The van der Waals surface area contributed by atoms with Gasteiger partial charge in [0.05, 0.1) is 0 Å². The molecule has 2 heteroatoms. The van der Waals surface area contributed by atoms with Crippen LogP contribution in [0, 0.1) is 5.41 Å². The minimum absolute atomic E-state index is 0.0454. The standard InChI is InChI=1S/C19H18O2/c1-19(2,3)11-12-8-9-15-16(10-12)18(21)14-7-5-4-6-13(14)17(15)20/h4-10H,11H2,1-3H3. The number of carbonyl (C=O) groups excluding carboxylic acids is 2. The van der Waals surface area contributed by atoms with Crippen LogP contribution < -0.4 is 0 Å². The first-order valence-electron chi connectivity index (χ1n) is 7.18. The highest BCUT2D eigenvalue weighted by atomic mass is 16.1. The smallest absolute Gasteiger partial charge is 0.194 e. The van der Waals surface area contributed by atoms with Gasteiger partial charge in [-0.1, -0.05) is 57.2 Å². The molecule has 0 fully saturated rings. The van der Waals surface area contributed by atoms with Crippen molar-refractivity contribution in [3.05, 3.63) is 70.3 Å². The average molecular weight is 278 g/mol. The summed E-state index contributed by atoms with van der Waals surface area (Å²) in [6.07, 6.45) is 0.878. The zero-order valence-electron chi connectivity index (χ0n) is 12.6. The second-order valence-electron chi connectivity index (χ2n) is 6.82. The van der Waals surface area contributed by atoms with Crippen LogP contribution in [-0.4, -0.2) is 11.6 Å². The van der Waals surface area contributed by atoms with Gasteiger partial charge in [-0.25, -0.2) is 0 Å². The van der Waals surface area contributed by atoms with E-state index in [1.807, 2.05) is 12.1 Å². The lowest BCUT2D eigenvalue weighted by atomic mass is 9.81. The first-order chi connectivity index (χ1) is 9.87. The van der Waals surface area contributed by atoms with E-state index in [9.17, 15) is 9.59 Å². The van der Waals surface area contributed by atoms with Gasteiger partial charge in [0.1, 0.15) is 0 Å². The van der Waals surface area contributed by atoms with E-state index < -0.39 is 0 Å². The van der Waals surface area contributed by atoms with Crippen LogP contribution in [0.25, 0.3) is 0 Å². The molecule has 21 heavy (non-hydrogen) atoms. The number of benzene rings is 2. The molecule has 0 heterocycles. The Balaban J connectivity index is 2.11. The molecule has 0 unspecified atom stereocenters. The van der Waals surface area contributed by atoms with Crippen LogP contribution in [0.2, 0.25) is 0 Å². The summed E-state index contributed by atoms with van der Waals surface area (Å²) in [6, 6.07) is 12.7. The number of carbonyl (C=O) groups is 2. The van der Waals surface area contributed by atoms with Gasteiger partial charge in [-0.2, -0.15) is 0 Å². The molecule has 0 spiro atoms. The molecule has 0 aromatic heterocycles. The third-order valence-electron chi connectivity index (χ3n) is 3.72. The van der Waals surface area contributed by atoms with E-state index in [1.54, 1.807) is 30.3 Å². The Labute approximate surface area is 124 Å². The average Bonchev–Trinajstić information content (AvgIpc) is 2.43.